The number of rotatable bonds is 4. The van der Waals surface area contributed by atoms with Gasteiger partial charge in [0.25, 0.3) is 0 Å². The van der Waals surface area contributed by atoms with E-state index in [1.807, 2.05) is 0 Å². The zero-order chi connectivity index (χ0) is 10.6. The van der Waals surface area contributed by atoms with Gasteiger partial charge in [-0.3, -0.25) is 0 Å². The van der Waals surface area contributed by atoms with Crippen LogP contribution in [0.5, 0.6) is 0 Å². The molecule has 1 rings (SSSR count). The third-order valence-electron chi connectivity index (χ3n) is 2.03. The molecule has 0 aliphatic rings. The molecule has 0 radical (unpaired) electrons. The van der Waals surface area contributed by atoms with Gasteiger partial charge in [-0.05, 0) is 30.2 Å². The van der Waals surface area contributed by atoms with E-state index in [0.29, 0.717) is 6.42 Å². The fourth-order valence-corrected chi connectivity index (χ4v) is 1.61. The van der Waals surface area contributed by atoms with Crippen molar-refractivity contribution in [3.63, 3.8) is 0 Å². The summed E-state index contributed by atoms with van der Waals surface area (Å²) in [6.07, 6.45) is 0.464. The Bertz CT molecular complexity index is 300. The molecule has 4 heteroatoms. The van der Waals surface area contributed by atoms with Gasteiger partial charge in [0.05, 0.1) is 0 Å². The first kappa shape index (κ1) is 11.6. The minimum absolute atomic E-state index is 0.0978. The Morgan fingerprint density at radius 3 is 2.50 bits per heavy atom. The van der Waals surface area contributed by atoms with Crippen LogP contribution in [-0.4, -0.2) is 23.4 Å². The van der Waals surface area contributed by atoms with Crippen LogP contribution in [0.15, 0.2) is 22.7 Å². The van der Waals surface area contributed by atoms with Gasteiger partial charge in [0, 0.05) is 23.6 Å². The predicted octanol–water partition coefficient (Wildman–Crippen LogP) is 1.73. The zero-order valence-corrected chi connectivity index (χ0v) is 9.17. The van der Waals surface area contributed by atoms with Gasteiger partial charge >= 0.3 is 0 Å². The summed E-state index contributed by atoms with van der Waals surface area (Å²) in [6, 6.07) is 4.39. The van der Waals surface area contributed by atoms with Gasteiger partial charge in [-0.15, -0.1) is 0 Å². The van der Waals surface area contributed by atoms with E-state index in [9.17, 15) is 4.39 Å². The second-order valence-electron chi connectivity index (χ2n) is 3.17. The first-order chi connectivity index (χ1) is 6.67. The van der Waals surface area contributed by atoms with Gasteiger partial charge in [-0.1, -0.05) is 15.9 Å². The monoisotopic (exact) mass is 262 g/mol. The highest BCUT2D eigenvalue weighted by Crippen LogP contribution is 2.20. The number of aliphatic hydroxyl groups excluding tert-OH is 2. The third-order valence-corrected chi connectivity index (χ3v) is 2.81. The highest BCUT2D eigenvalue weighted by Gasteiger charge is 2.10. The number of benzene rings is 1. The lowest BCUT2D eigenvalue weighted by Gasteiger charge is -2.11. The molecule has 1 aromatic carbocycles. The van der Waals surface area contributed by atoms with Gasteiger partial charge in [-0.25, -0.2) is 4.39 Å². The second kappa shape index (κ2) is 5.44. The van der Waals surface area contributed by atoms with Gasteiger partial charge in [0.15, 0.2) is 0 Å². The van der Waals surface area contributed by atoms with Crippen LogP contribution >= 0.6 is 15.9 Å². The van der Waals surface area contributed by atoms with E-state index in [4.69, 9.17) is 10.2 Å². The molecule has 0 saturated carbocycles. The highest BCUT2D eigenvalue weighted by molar-refractivity contribution is 9.10. The third kappa shape index (κ3) is 3.04. The molecule has 0 atom stereocenters. The van der Waals surface area contributed by atoms with Crippen molar-refractivity contribution in [2.75, 3.05) is 13.2 Å². The van der Waals surface area contributed by atoms with Crippen molar-refractivity contribution >= 4 is 15.9 Å². The Balaban J connectivity index is 2.79. The molecule has 0 bridgehead atoms. The first-order valence-corrected chi connectivity index (χ1v) is 5.12. The normalized spacial score (nSPS) is 10.9. The number of aliphatic hydroxyl groups is 2. The summed E-state index contributed by atoms with van der Waals surface area (Å²) in [5, 5.41) is 17.8. The van der Waals surface area contributed by atoms with E-state index < -0.39 is 0 Å². The van der Waals surface area contributed by atoms with Crippen LogP contribution in [0.25, 0.3) is 0 Å². The van der Waals surface area contributed by atoms with Crippen LogP contribution in [0.2, 0.25) is 0 Å². The Morgan fingerprint density at radius 2 is 1.93 bits per heavy atom. The summed E-state index contributed by atoms with van der Waals surface area (Å²) in [5.74, 6) is -0.536. The molecule has 1 aromatic rings. The summed E-state index contributed by atoms with van der Waals surface area (Å²) in [7, 11) is 0. The Labute approximate surface area is 90.5 Å². The fraction of sp³-hybridized carbons (Fsp3) is 0.400. The van der Waals surface area contributed by atoms with Crippen LogP contribution in [0.1, 0.15) is 5.56 Å². The molecule has 0 fully saturated rings. The molecule has 0 aliphatic heterocycles. The molecule has 0 spiro atoms. The number of hydrogen-bond acceptors (Lipinski definition) is 2. The van der Waals surface area contributed by atoms with E-state index in [-0.39, 0.29) is 24.9 Å². The van der Waals surface area contributed by atoms with Crippen LogP contribution < -0.4 is 0 Å². The van der Waals surface area contributed by atoms with Crippen molar-refractivity contribution in [2.45, 2.75) is 6.42 Å². The molecule has 78 valence electrons. The Kier molecular flexibility index (Phi) is 4.51. The van der Waals surface area contributed by atoms with Gasteiger partial charge in [0.1, 0.15) is 5.82 Å². The molecule has 14 heavy (non-hydrogen) atoms. The van der Waals surface area contributed by atoms with E-state index >= 15 is 0 Å². The van der Waals surface area contributed by atoms with E-state index in [1.54, 1.807) is 6.07 Å². The van der Waals surface area contributed by atoms with Gasteiger partial charge in [0.2, 0.25) is 0 Å². The lowest BCUT2D eigenvalue weighted by Crippen LogP contribution is -2.14. The molecule has 2 nitrogen and oxygen atoms in total. The minimum atomic E-state index is -0.308. The zero-order valence-electron chi connectivity index (χ0n) is 7.58. The van der Waals surface area contributed by atoms with Crippen molar-refractivity contribution in [3.05, 3.63) is 34.1 Å². The molecule has 0 unspecified atom stereocenters. The van der Waals surface area contributed by atoms with Crippen LogP contribution in [-0.2, 0) is 6.42 Å². The lowest BCUT2D eigenvalue weighted by molar-refractivity contribution is 0.150. The number of hydrogen-bond donors (Lipinski definition) is 2. The van der Waals surface area contributed by atoms with Crippen molar-refractivity contribution in [3.8, 4) is 0 Å². The Morgan fingerprint density at radius 1 is 1.29 bits per heavy atom. The maximum atomic E-state index is 12.9. The smallest absolute Gasteiger partial charge is 0.123 e. The summed E-state index contributed by atoms with van der Waals surface area (Å²) >= 11 is 3.29. The van der Waals surface area contributed by atoms with E-state index in [0.717, 1.165) is 10.0 Å². The molecule has 0 aromatic heterocycles. The molecule has 0 aliphatic carbocycles. The maximum absolute atomic E-state index is 12.9. The SMILES string of the molecule is OCC(CO)Cc1cc(F)ccc1Br. The van der Waals surface area contributed by atoms with Crippen molar-refractivity contribution in [1.29, 1.82) is 0 Å². The van der Waals surface area contributed by atoms with Crippen molar-refractivity contribution in [2.24, 2.45) is 5.92 Å². The first-order valence-electron chi connectivity index (χ1n) is 4.33. The van der Waals surface area contributed by atoms with Crippen LogP contribution in [0.3, 0.4) is 0 Å². The fourth-order valence-electron chi connectivity index (χ4n) is 1.20. The predicted molar refractivity (Wildman–Crippen MR) is 55.5 cm³/mol. The van der Waals surface area contributed by atoms with Gasteiger partial charge in [-0.2, -0.15) is 0 Å². The Hall–Kier alpha value is -0.450. The van der Waals surface area contributed by atoms with E-state index in [1.165, 1.54) is 12.1 Å². The summed E-state index contributed by atoms with van der Waals surface area (Å²) in [4.78, 5) is 0. The van der Waals surface area contributed by atoms with Gasteiger partial charge < -0.3 is 10.2 Å². The molecular weight excluding hydrogens is 251 g/mol. The molecule has 0 saturated heterocycles. The van der Waals surface area contributed by atoms with E-state index in [2.05, 4.69) is 15.9 Å². The minimum Gasteiger partial charge on any atom is -0.396 e. The summed E-state index contributed by atoms with van der Waals surface area (Å²) in [6.45, 7) is -0.196. The van der Waals surface area contributed by atoms with Crippen LogP contribution in [0, 0.1) is 11.7 Å². The number of halogens is 2. The standard InChI is InChI=1S/C10H12BrFO2/c11-10-2-1-9(12)4-8(10)3-7(5-13)6-14/h1-2,4,7,13-14H,3,5-6H2. The maximum Gasteiger partial charge on any atom is 0.123 e. The molecular formula is C10H12BrFO2. The summed E-state index contributed by atoms with van der Waals surface area (Å²) < 4.78 is 13.7. The second-order valence-corrected chi connectivity index (χ2v) is 4.03. The molecule has 2 N–H and O–H groups in total. The average Bonchev–Trinajstić information content (AvgIpc) is 2.19. The van der Waals surface area contributed by atoms with Crippen molar-refractivity contribution < 1.29 is 14.6 Å². The van der Waals surface area contributed by atoms with Crippen LogP contribution in [0.4, 0.5) is 4.39 Å². The van der Waals surface area contributed by atoms with Crippen molar-refractivity contribution in [1.82, 2.24) is 0 Å². The topological polar surface area (TPSA) is 40.5 Å². The molecule has 0 amide bonds. The highest BCUT2D eigenvalue weighted by atomic mass is 79.9. The average molecular weight is 263 g/mol. The summed E-state index contributed by atoms with van der Waals surface area (Å²) in [5.41, 5.74) is 0.762. The lowest BCUT2D eigenvalue weighted by atomic mass is 10.0. The quantitative estimate of drug-likeness (QED) is 0.868. The molecule has 0 heterocycles. The largest absolute Gasteiger partial charge is 0.396 e.